The van der Waals surface area contributed by atoms with Crippen LogP contribution in [0.5, 0.6) is 17.2 Å². The largest absolute Gasteiger partial charge is 0.493 e. The minimum atomic E-state index is -0.428. The summed E-state index contributed by atoms with van der Waals surface area (Å²) in [6.07, 6.45) is 0.893. The Balaban J connectivity index is 1.91. The summed E-state index contributed by atoms with van der Waals surface area (Å²) in [5.74, 6) is 1.82. The van der Waals surface area contributed by atoms with Gasteiger partial charge in [0.1, 0.15) is 6.61 Å². The van der Waals surface area contributed by atoms with Crippen molar-refractivity contribution >= 4 is 17.7 Å². The van der Waals surface area contributed by atoms with Crippen LogP contribution in [0.1, 0.15) is 27.9 Å². The highest BCUT2D eigenvalue weighted by molar-refractivity contribution is 7.99. The normalized spacial score (nSPS) is 18.0. The van der Waals surface area contributed by atoms with Gasteiger partial charge in [0.25, 0.3) is 0 Å². The van der Waals surface area contributed by atoms with Gasteiger partial charge in [-0.15, -0.1) is 11.8 Å². The first-order valence-corrected chi connectivity index (χ1v) is 10.7. The molecule has 0 fully saturated rings. The molecule has 1 aliphatic heterocycles. The van der Waals surface area contributed by atoms with Gasteiger partial charge in [0.2, 0.25) is 5.75 Å². The highest BCUT2D eigenvalue weighted by atomic mass is 32.2. The molecule has 1 heterocycles. The molecular formula is C23H29NO5S. The maximum atomic E-state index is 13.0. The van der Waals surface area contributed by atoms with Crippen molar-refractivity contribution in [3.05, 3.63) is 47.0 Å². The summed E-state index contributed by atoms with van der Waals surface area (Å²) >= 11 is 1.85. The summed E-state index contributed by atoms with van der Waals surface area (Å²) in [6, 6.07) is 9.71. The van der Waals surface area contributed by atoms with Crippen LogP contribution in [0.15, 0.2) is 35.2 Å². The third kappa shape index (κ3) is 4.09. The molecule has 0 amide bonds. The summed E-state index contributed by atoms with van der Waals surface area (Å²) in [7, 11) is 8.64. The third-order valence-electron chi connectivity index (χ3n) is 5.61. The van der Waals surface area contributed by atoms with Crippen molar-refractivity contribution < 1.29 is 23.7 Å². The molecule has 2 aromatic rings. The average Bonchev–Trinajstić information content (AvgIpc) is 2.76. The Morgan fingerprint density at radius 3 is 2.30 bits per heavy atom. The van der Waals surface area contributed by atoms with Gasteiger partial charge in [-0.1, -0.05) is 17.7 Å². The number of hydrogen-bond acceptors (Lipinski definition) is 7. The first-order valence-electron chi connectivity index (χ1n) is 9.74. The maximum Gasteiger partial charge on any atom is 0.338 e. The first-order chi connectivity index (χ1) is 14.4. The number of esters is 1. The number of benzene rings is 2. The standard InChI is InChI=1S/C23H29NO5S/c1-15-7-8-20-17(11-15)23(24(2)3,9-10-30-20)14-29-22(25)16-12-18(26-4)21(28-6)19(13-16)27-5/h7-8,11-13H,9-10,14H2,1-6H3. The van der Waals surface area contributed by atoms with E-state index in [1.54, 1.807) is 12.1 Å². The van der Waals surface area contributed by atoms with Gasteiger partial charge in [-0.2, -0.15) is 0 Å². The smallest absolute Gasteiger partial charge is 0.338 e. The van der Waals surface area contributed by atoms with Crippen LogP contribution in [-0.4, -0.2) is 58.7 Å². The number of carbonyl (C=O) groups excluding carboxylic acids is 1. The van der Waals surface area contributed by atoms with Crippen LogP contribution >= 0.6 is 11.8 Å². The van der Waals surface area contributed by atoms with E-state index in [0.717, 1.165) is 12.2 Å². The van der Waals surface area contributed by atoms with Crippen LogP contribution in [0.2, 0.25) is 0 Å². The lowest BCUT2D eigenvalue weighted by atomic mass is 9.85. The average molecular weight is 432 g/mol. The van der Waals surface area contributed by atoms with E-state index in [0.29, 0.717) is 22.8 Å². The fourth-order valence-corrected chi connectivity index (χ4v) is 5.04. The van der Waals surface area contributed by atoms with Crippen molar-refractivity contribution in [3.63, 3.8) is 0 Å². The maximum absolute atomic E-state index is 13.0. The van der Waals surface area contributed by atoms with Crippen LogP contribution < -0.4 is 14.2 Å². The molecule has 2 aromatic carbocycles. The van der Waals surface area contributed by atoms with E-state index in [9.17, 15) is 4.79 Å². The summed E-state index contributed by atoms with van der Waals surface area (Å²) in [5, 5.41) is 0. The number of nitrogens with zero attached hydrogens (tertiary/aromatic N) is 1. The summed E-state index contributed by atoms with van der Waals surface area (Å²) in [5.41, 5.74) is 2.39. The van der Waals surface area contributed by atoms with Crippen molar-refractivity contribution in [2.24, 2.45) is 0 Å². The lowest BCUT2D eigenvalue weighted by Crippen LogP contribution is -2.48. The van der Waals surface area contributed by atoms with E-state index in [1.165, 1.54) is 37.4 Å². The van der Waals surface area contributed by atoms with Gasteiger partial charge in [0.05, 0.1) is 32.4 Å². The molecule has 7 heteroatoms. The number of likely N-dealkylation sites (N-methyl/N-ethyl adjacent to an activating group) is 1. The SMILES string of the molecule is COc1cc(C(=O)OCC2(N(C)C)CCSc3ccc(C)cc32)cc(OC)c1OC. The second kappa shape index (κ2) is 9.18. The molecule has 0 N–H and O–H groups in total. The number of aryl methyl sites for hydroxylation is 1. The van der Waals surface area contributed by atoms with E-state index >= 15 is 0 Å². The molecule has 1 atom stereocenters. The molecule has 0 saturated heterocycles. The van der Waals surface area contributed by atoms with Crippen molar-refractivity contribution in [1.82, 2.24) is 4.90 Å². The molecule has 30 heavy (non-hydrogen) atoms. The van der Waals surface area contributed by atoms with Crippen molar-refractivity contribution in [3.8, 4) is 17.2 Å². The van der Waals surface area contributed by atoms with E-state index in [-0.39, 0.29) is 12.1 Å². The Morgan fingerprint density at radius 1 is 1.07 bits per heavy atom. The zero-order valence-corrected chi connectivity index (χ0v) is 19.2. The summed E-state index contributed by atoms with van der Waals surface area (Å²) < 4.78 is 21.9. The number of methoxy groups -OCH3 is 3. The van der Waals surface area contributed by atoms with Crippen molar-refractivity contribution in [2.45, 2.75) is 23.8 Å². The van der Waals surface area contributed by atoms with Crippen molar-refractivity contribution in [2.75, 3.05) is 47.8 Å². The van der Waals surface area contributed by atoms with Gasteiger partial charge in [-0.3, -0.25) is 4.90 Å². The molecule has 162 valence electrons. The molecule has 0 saturated carbocycles. The first kappa shape index (κ1) is 22.3. The number of fused-ring (bicyclic) bond motifs is 1. The van der Waals surface area contributed by atoms with Crippen LogP contribution in [-0.2, 0) is 10.3 Å². The lowest BCUT2D eigenvalue weighted by Gasteiger charge is -2.43. The highest BCUT2D eigenvalue weighted by Crippen LogP contribution is 2.44. The molecule has 6 nitrogen and oxygen atoms in total. The van der Waals surface area contributed by atoms with Gasteiger partial charge in [0, 0.05) is 10.6 Å². The van der Waals surface area contributed by atoms with Gasteiger partial charge < -0.3 is 18.9 Å². The predicted molar refractivity (Wildman–Crippen MR) is 118 cm³/mol. The number of hydrogen-bond donors (Lipinski definition) is 0. The van der Waals surface area contributed by atoms with Gasteiger partial charge in [-0.25, -0.2) is 4.79 Å². The highest BCUT2D eigenvalue weighted by Gasteiger charge is 2.40. The Bertz CT molecular complexity index is 905. The number of rotatable bonds is 7. The van der Waals surface area contributed by atoms with E-state index in [1.807, 2.05) is 25.9 Å². The molecule has 0 radical (unpaired) electrons. The molecule has 0 aliphatic carbocycles. The number of ether oxygens (including phenoxy) is 4. The second-order valence-corrected chi connectivity index (χ2v) is 8.65. The number of thioether (sulfide) groups is 1. The Hall–Kier alpha value is -2.38. The fraction of sp³-hybridized carbons (Fsp3) is 0.435. The Morgan fingerprint density at radius 2 is 1.73 bits per heavy atom. The zero-order valence-electron chi connectivity index (χ0n) is 18.4. The Labute approximate surface area is 182 Å². The van der Waals surface area contributed by atoms with Crippen LogP contribution in [0.4, 0.5) is 0 Å². The van der Waals surface area contributed by atoms with Gasteiger partial charge in [-0.05, 0) is 51.2 Å². The van der Waals surface area contributed by atoms with Crippen LogP contribution in [0.3, 0.4) is 0 Å². The molecule has 0 bridgehead atoms. The Kier molecular flexibility index (Phi) is 6.83. The summed E-state index contributed by atoms with van der Waals surface area (Å²) in [6.45, 7) is 2.34. The topological polar surface area (TPSA) is 57.2 Å². The second-order valence-electron chi connectivity index (χ2n) is 7.51. The fourth-order valence-electron chi connectivity index (χ4n) is 3.81. The predicted octanol–water partition coefficient (Wildman–Crippen LogP) is 4.13. The van der Waals surface area contributed by atoms with E-state index in [4.69, 9.17) is 18.9 Å². The molecule has 3 rings (SSSR count). The third-order valence-corrected chi connectivity index (χ3v) is 6.68. The number of carbonyl (C=O) groups is 1. The van der Waals surface area contributed by atoms with Gasteiger partial charge in [0.15, 0.2) is 11.5 Å². The van der Waals surface area contributed by atoms with Gasteiger partial charge >= 0.3 is 5.97 Å². The summed E-state index contributed by atoms with van der Waals surface area (Å²) in [4.78, 5) is 16.4. The van der Waals surface area contributed by atoms with Crippen molar-refractivity contribution in [1.29, 1.82) is 0 Å². The quantitative estimate of drug-likeness (QED) is 0.611. The van der Waals surface area contributed by atoms with E-state index in [2.05, 4.69) is 30.0 Å². The zero-order chi connectivity index (χ0) is 21.9. The minimum Gasteiger partial charge on any atom is -0.493 e. The molecule has 1 aliphatic rings. The molecular weight excluding hydrogens is 402 g/mol. The van der Waals surface area contributed by atoms with Crippen LogP contribution in [0.25, 0.3) is 0 Å². The lowest BCUT2D eigenvalue weighted by molar-refractivity contribution is 0.0108. The molecule has 0 aromatic heterocycles. The molecule has 1 unspecified atom stereocenters. The molecule has 0 spiro atoms. The van der Waals surface area contributed by atoms with E-state index < -0.39 is 5.97 Å². The monoisotopic (exact) mass is 431 g/mol. The van der Waals surface area contributed by atoms with Crippen LogP contribution in [0, 0.1) is 6.92 Å². The minimum absolute atomic E-state index is 0.256.